The molecule has 2 aliphatic heterocycles. The van der Waals surface area contributed by atoms with Gasteiger partial charge in [0, 0.05) is 29.9 Å². The molecule has 4 amide bonds. The first-order valence-corrected chi connectivity index (χ1v) is 10.7. The molecule has 0 radical (unpaired) electrons. The second kappa shape index (κ2) is 8.79. The summed E-state index contributed by atoms with van der Waals surface area (Å²) in [5, 5.41) is 6.34. The third kappa shape index (κ3) is 4.40. The van der Waals surface area contributed by atoms with E-state index in [0.717, 1.165) is 23.7 Å². The van der Waals surface area contributed by atoms with Gasteiger partial charge in [-0.2, -0.15) is 0 Å². The molecule has 2 aromatic rings. The molecular formula is C22H27N5O4. The lowest BCUT2D eigenvalue weighted by Crippen LogP contribution is -2.56. The number of aromatic amines is 1. The van der Waals surface area contributed by atoms with Gasteiger partial charge in [-0.3, -0.25) is 19.2 Å². The van der Waals surface area contributed by atoms with Crippen LogP contribution in [0.2, 0.25) is 0 Å². The van der Waals surface area contributed by atoms with Crippen molar-refractivity contribution in [1.82, 2.24) is 20.5 Å². The van der Waals surface area contributed by atoms with E-state index in [4.69, 9.17) is 5.73 Å². The summed E-state index contributed by atoms with van der Waals surface area (Å²) in [6, 6.07) is 7.74. The van der Waals surface area contributed by atoms with Crippen LogP contribution in [0.3, 0.4) is 0 Å². The van der Waals surface area contributed by atoms with E-state index in [9.17, 15) is 19.2 Å². The van der Waals surface area contributed by atoms with Gasteiger partial charge in [0.2, 0.25) is 17.7 Å². The number of benzene rings is 1. The van der Waals surface area contributed by atoms with Gasteiger partial charge in [-0.1, -0.05) is 18.2 Å². The largest absolute Gasteiger partial charge is 0.368 e. The Balaban J connectivity index is 1.48. The van der Waals surface area contributed by atoms with Crippen LogP contribution in [0.4, 0.5) is 0 Å². The lowest BCUT2D eigenvalue weighted by molar-refractivity contribution is -0.132. The summed E-state index contributed by atoms with van der Waals surface area (Å²) in [6.45, 7) is 1.01. The number of aromatic nitrogens is 1. The Labute approximate surface area is 179 Å². The van der Waals surface area contributed by atoms with Crippen molar-refractivity contribution in [3.8, 4) is 0 Å². The molecule has 0 aliphatic carbocycles. The van der Waals surface area contributed by atoms with E-state index in [2.05, 4.69) is 15.6 Å². The van der Waals surface area contributed by atoms with Crippen LogP contribution in [0.15, 0.2) is 30.3 Å². The van der Waals surface area contributed by atoms with Crippen LogP contribution in [0.5, 0.6) is 0 Å². The number of nitrogens with zero attached hydrogens (tertiary/aromatic N) is 1. The predicted octanol–water partition coefficient (Wildman–Crippen LogP) is 0.659. The molecule has 164 valence electrons. The lowest BCUT2D eigenvalue weighted by atomic mass is 9.96. The highest BCUT2D eigenvalue weighted by Gasteiger charge is 2.36. The molecular weight excluding hydrogens is 398 g/mol. The fourth-order valence-electron chi connectivity index (χ4n) is 4.46. The Kier molecular flexibility index (Phi) is 5.92. The number of carbonyl (C=O) groups excluding carboxylic acids is 4. The summed E-state index contributed by atoms with van der Waals surface area (Å²) in [5.41, 5.74) is 6.78. The minimum absolute atomic E-state index is 0.131. The fourth-order valence-corrected chi connectivity index (χ4v) is 4.46. The number of nitrogens with two attached hydrogens (primary N) is 1. The molecule has 2 saturated heterocycles. The fraction of sp³-hybridized carbons (Fsp3) is 0.455. The van der Waals surface area contributed by atoms with E-state index in [1.54, 1.807) is 11.0 Å². The number of rotatable bonds is 6. The topological polar surface area (TPSA) is 137 Å². The van der Waals surface area contributed by atoms with Gasteiger partial charge >= 0.3 is 0 Å². The summed E-state index contributed by atoms with van der Waals surface area (Å²) in [5.74, 6) is -1.83. The van der Waals surface area contributed by atoms with Crippen LogP contribution < -0.4 is 16.4 Å². The highest BCUT2D eigenvalue weighted by Crippen LogP contribution is 2.23. The van der Waals surface area contributed by atoms with Crippen molar-refractivity contribution in [1.29, 1.82) is 0 Å². The van der Waals surface area contributed by atoms with Crippen LogP contribution in [-0.4, -0.2) is 58.7 Å². The highest BCUT2D eigenvalue weighted by molar-refractivity contribution is 6.00. The Morgan fingerprint density at radius 1 is 1.19 bits per heavy atom. The maximum absolute atomic E-state index is 13.2. The van der Waals surface area contributed by atoms with E-state index in [0.29, 0.717) is 31.6 Å². The average molecular weight is 425 g/mol. The van der Waals surface area contributed by atoms with E-state index >= 15 is 0 Å². The number of para-hydroxylation sites is 1. The standard InChI is InChI=1S/C22H27N5O4/c23-19(28)16(12-14-8-9-24-20(14)29)26-21(30)18-7-3-4-10-27(18)22(31)17-11-13-5-1-2-6-15(13)25-17/h1-2,5-6,11,14,16,18,25H,3-4,7-10,12H2,(H2,23,28)(H,24,29)(H,26,30)/t14-,16-,18-/m0/s1. The number of amides is 4. The van der Waals surface area contributed by atoms with Crippen LogP contribution in [0.25, 0.3) is 10.9 Å². The minimum Gasteiger partial charge on any atom is -0.368 e. The predicted molar refractivity (Wildman–Crippen MR) is 114 cm³/mol. The number of fused-ring (bicyclic) bond motifs is 1. The van der Waals surface area contributed by atoms with Crippen molar-refractivity contribution in [3.63, 3.8) is 0 Å². The summed E-state index contributed by atoms with van der Waals surface area (Å²) in [4.78, 5) is 54.7. The number of hydrogen-bond acceptors (Lipinski definition) is 4. The van der Waals surface area contributed by atoms with Crippen molar-refractivity contribution in [2.75, 3.05) is 13.1 Å². The molecule has 9 heteroatoms. The second-order valence-corrected chi connectivity index (χ2v) is 8.26. The van der Waals surface area contributed by atoms with Crippen LogP contribution >= 0.6 is 0 Å². The number of hydrogen-bond donors (Lipinski definition) is 4. The Hall–Kier alpha value is -3.36. The lowest BCUT2D eigenvalue weighted by Gasteiger charge is -2.35. The molecule has 2 aliphatic rings. The molecule has 3 atom stereocenters. The normalized spacial score (nSPS) is 22.2. The number of carbonyl (C=O) groups is 4. The van der Waals surface area contributed by atoms with Crippen LogP contribution in [-0.2, 0) is 14.4 Å². The molecule has 5 N–H and O–H groups in total. The first-order chi connectivity index (χ1) is 14.9. The number of piperidine rings is 1. The Morgan fingerprint density at radius 2 is 2.00 bits per heavy atom. The van der Waals surface area contributed by atoms with Crippen LogP contribution in [0, 0.1) is 5.92 Å². The zero-order chi connectivity index (χ0) is 22.0. The van der Waals surface area contributed by atoms with Crippen molar-refractivity contribution < 1.29 is 19.2 Å². The summed E-state index contributed by atoms with van der Waals surface area (Å²) in [6.07, 6.45) is 2.88. The molecule has 1 aromatic carbocycles. The Morgan fingerprint density at radius 3 is 2.71 bits per heavy atom. The van der Waals surface area contributed by atoms with E-state index in [1.165, 1.54) is 0 Å². The zero-order valence-corrected chi connectivity index (χ0v) is 17.2. The molecule has 1 aromatic heterocycles. The molecule has 2 fully saturated rings. The van der Waals surface area contributed by atoms with E-state index < -0.39 is 23.9 Å². The number of primary amides is 1. The molecule has 31 heavy (non-hydrogen) atoms. The molecule has 0 spiro atoms. The van der Waals surface area contributed by atoms with Gasteiger partial charge in [-0.15, -0.1) is 0 Å². The molecule has 0 saturated carbocycles. The van der Waals surface area contributed by atoms with Crippen molar-refractivity contribution in [2.45, 2.75) is 44.2 Å². The van der Waals surface area contributed by atoms with Gasteiger partial charge in [0.25, 0.3) is 5.91 Å². The second-order valence-electron chi connectivity index (χ2n) is 8.26. The minimum atomic E-state index is -0.951. The number of nitrogens with one attached hydrogen (secondary N) is 3. The van der Waals surface area contributed by atoms with Crippen molar-refractivity contribution >= 4 is 34.5 Å². The number of H-pyrrole nitrogens is 1. The third-order valence-corrected chi connectivity index (χ3v) is 6.17. The van der Waals surface area contributed by atoms with Gasteiger partial charge in [0.05, 0.1) is 0 Å². The van der Waals surface area contributed by atoms with Crippen LogP contribution in [0.1, 0.15) is 42.6 Å². The van der Waals surface area contributed by atoms with Gasteiger partial charge < -0.3 is 26.3 Å². The summed E-state index contributed by atoms with van der Waals surface area (Å²) in [7, 11) is 0. The molecule has 4 rings (SSSR count). The zero-order valence-electron chi connectivity index (χ0n) is 17.2. The maximum Gasteiger partial charge on any atom is 0.270 e. The quantitative estimate of drug-likeness (QED) is 0.540. The Bertz CT molecular complexity index is 983. The van der Waals surface area contributed by atoms with E-state index in [1.807, 2.05) is 24.3 Å². The SMILES string of the molecule is NC(=O)[C@H](C[C@@H]1CCNC1=O)NC(=O)[C@@H]1CCCCN1C(=O)c1cc2ccccc2[nH]1. The highest BCUT2D eigenvalue weighted by atomic mass is 16.2. The van der Waals surface area contributed by atoms with Gasteiger partial charge in [-0.05, 0) is 44.2 Å². The van der Waals surface area contributed by atoms with Gasteiger partial charge in [-0.25, -0.2) is 0 Å². The van der Waals surface area contributed by atoms with Crippen molar-refractivity contribution in [2.24, 2.45) is 11.7 Å². The van der Waals surface area contributed by atoms with E-state index in [-0.39, 0.29) is 24.2 Å². The summed E-state index contributed by atoms with van der Waals surface area (Å²) < 4.78 is 0. The first-order valence-electron chi connectivity index (χ1n) is 10.7. The molecule has 3 heterocycles. The smallest absolute Gasteiger partial charge is 0.270 e. The molecule has 9 nitrogen and oxygen atoms in total. The average Bonchev–Trinajstić information content (AvgIpc) is 3.38. The van der Waals surface area contributed by atoms with Crippen molar-refractivity contribution in [3.05, 3.63) is 36.0 Å². The van der Waals surface area contributed by atoms with Gasteiger partial charge in [0.1, 0.15) is 17.8 Å². The summed E-state index contributed by atoms with van der Waals surface area (Å²) >= 11 is 0. The molecule has 0 bridgehead atoms. The number of likely N-dealkylation sites (tertiary alicyclic amines) is 1. The molecule has 0 unspecified atom stereocenters. The maximum atomic E-state index is 13.2. The monoisotopic (exact) mass is 425 g/mol. The first kappa shape index (κ1) is 20.9. The van der Waals surface area contributed by atoms with Gasteiger partial charge in [0.15, 0.2) is 0 Å². The third-order valence-electron chi connectivity index (χ3n) is 6.17.